The van der Waals surface area contributed by atoms with Crippen LogP contribution in [0.3, 0.4) is 0 Å². The number of hydrogen-bond acceptors (Lipinski definition) is 7. The fraction of sp³-hybridized carbons (Fsp3) is 0.414. The number of pyridine rings is 1. The molecular weight excluding hydrogens is 454 g/mol. The molecule has 0 radical (unpaired) electrons. The van der Waals surface area contributed by atoms with Crippen molar-refractivity contribution in [3.63, 3.8) is 0 Å². The molecule has 0 saturated carbocycles. The SMILES string of the molecule is COc1cc2c(cc1OC)C(C)N(C(O)C1Cc3ccccc3CN1Cc1cccnc1OC)CC2. The summed E-state index contributed by atoms with van der Waals surface area (Å²) in [6, 6.07) is 16.6. The van der Waals surface area contributed by atoms with Gasteiger partial charge in [-0.3, -0.25) is 9.80 Å². The highest BCUT2D eigenvalue weighted by atomic mass is 16.5. The number of methoxy groups -OCH3 is 3. The summed E-state index contributed by atoms with van der Waals surface area (Å²) in [6.07, 6.45) is 2.73. The molecule has 0 amide bonds. The molecule has 0 saturated heterocycles. The molecule has 7 heteroatoms. The summed E-state index contributed by atoms with van der Waals surface area (Å²) in [7, 11) is 4.98. The van der Waals surface area contributed by atoms with Gasteiger partial charge in [0.25, 0.3) is 0 Å². The van der Waals surface area contributed by atoms with Gasteiger partial charge in [0.1, 0.15) is 6.23 Å². The first-order chi connectivity index (χ1) is 17.5. The van der Waals surface area contributed by atoms with Gasteiger partial charge in [0.15, 0.2) is 11.5 Å². The summed E-state index contributed by atoms with van der Waals surface area (Å²) in [5.74, 6) is 2.10. The number of aliphatic hydroxyl groups is 1. The van der Waals surface area contributed by atoms with Crippen LogP contribution in [-0.4, -0.2) is 60.0 Å². The Hall–Kier alpha value is -3.13. The van der Waals surface area contributed by atoms with E-state index in [2.05, 4.69) is 64.2 Å². The summed E-state index contributed by atoms with van der Waals surface area (Å²) in [5.41, 5.74) is 6.04. The lowest BCUT2D eigenvalue weighted by atomic mass is 9.89. The Morgan fingerprint density at radius 1 is 0.972 bits per heavy atom. The summed E-state index contributed by atoms with van der Waals surface area (Å²) >= 11 is 0. The highest BCUT2D eigenvalue weighted by molar-refractivity contribution is 5.49. The van der Waals surface area contributed by atoms with Crippen molar-refractivity contribution in [2.24, 2.45) is 0 Å². The lowest BCUT2D eigenvalue weighted by Crippen LogP contribution is -2.56. The van der Waals surface area contributed by atoms with Gasteiger partial charge in [-0.25, -0.2) is 4.98 Å². The molecule has 0 fully saturated rings. The third-order valence-electron chi connectivity index (χ3n) is 7.72. The van der Waals surface area contributed by atoms with Crippen LogP contribution in [0.4, 0.5) is 0 Å². The molecular formula is C29H35N3O4. The van der Waals surface area contributed by atoms with Crippen LogP contribution >= 0.6 is 0 Å². The zero-order chi connectivity index (χ0) is 25.2. The van der Waals surface area contributed by atoms with Crippen LogP contribution in [0.2, 0.25) is 0 Å². The smallest absolute Gasteiger partial charge is 0.217 e. The van der Waals surface area contributed by atoms with Gasteiger partial charge in [-0.05, 0) is 60.2 Å². The normalized spacial score (nSPS) is 20.8. The Kier molecular flexibility index (Phi) is 7.14. The molecule has 3 unspecified atom stereocenters. The van der Waals surface area contributed by atoms with Crippen molar-refractivity contribution in [3.05, 3.63) is 82.5 Å². The predicted octanol–water partition coefficient (Wildman–Crippen LogP) is 3.97. The van der Waals surface area contributed by atoms with Crippen molar-refractivity contribution in [2.45, 2.75) is 51.2 Å². The molecule has 0 aliphatic carbocycles. The van der Waals surface area contributed by atoms with Gasteiger partial charge < -0.3 is 19.3 Å². The highest BCUT2D eigenvalue weighted by Crippen LogP contribution is 2.40. The summed E-state index contributed by atoms with van der Waals surface area (Å²) < 4.78 is 16.6. The van der Waals surface area contributed by atoms with Gasteiger partial charge in [0.05, 0.1) is 27.4 Å². The van der Waals surface area contributed by atoms with Crippen molar-refractivity contribution in [1.82, 2.24) is 14.8 Å². The summed E-state index contributed by atoms with van der Waals surface area (Å²) in [6.45, 7) is 4.35. The first kappa shape index (κ1) is 24.6. The minimum Gasteiger partial charge on any atom is -0.493 e. The van der Waals surface area contributed by atoms with Crippen molar-refractivity contribution in [1.29, 1.82) is 0 Å². The van der Waals surface area contributed by atoms with Gasteiger partial charge in [-0.2, -0.15) is 0 Å². The van der Waals surface area contributed by atoms with Crippen LogP contribution in [0.25, 0.3) is 0 Å². The zero-order valence-corrected chi connectivity index (χ0v) is 21.5. The van der Waals surface area contributed by atoms with Gasteiger partial charge in [0, 0.05) is 37.4 Å². The lowest BCUT2D eigenvalue weighted by Gasteiger charge is -2.46. The van der Waals surface area contributed by atoms with Crippen LogP contribution in [0.5, 0.6) is 17.4 Å². The van der Waals surface area contributed by atoms with E-state index in [0.29, 0.717) is 12.4 Å². The standard InChI is InChI=1S/C29H35N3O4/c1-19-24-16-27(35-3)26(34-2)15-21(24)11-13-32(19)29(33)25-14-20-8-5-6-9-22(20)17-31(25)18-23-10-7-12-30-28(23)36-4/h5-10,12,15-16,19,25,29,33H,11,13-14,17-18H2,1-4H3. The number of fused-ring (bicyclic) bond motifs is 2. The number of aromatic nitrogens is 1. The molecule has 2 aromatic carbocycles. The van der Waals surface area contributed by atoms with E-state index in [1.807, 2.05) is 6.07 Å². The highest BCUT2D eigenvalue weighted by Gasteiger charge is 2.38. The Morgan fingerprint density at radius 2 is 1.72 bits per heavy atom. The molecule has 2 aliphatic rings. The predicted molar refractivity (Wildman–Crippen MR) is 138 cm³/mol. The molecule has 5 rings (SSSR count). The number of hydrogen-bond donors (Lipinski definition) is 1. The number of nitrogens with zero attached hydrogens (tertiary/aromatic N) is 3. The molecule has 1 aromatic heterocycles. The molecule has 1 N–H and O–H groups in total. The maximum atomic E-state index is 11.9. The molecule has 2 aliphatic heterocycles. The maximum Gasteiger partial charge on any atom is 0.217 e. The number of ether oxygens (including phenoxy) is 3. The Balaban J connectivity index is 1.45. The average molecular weight is 490 g/mol. The fourth-order valence-corrected chi connectivity index (χ4v) is 5.76. The van der Waals surface area contributed by atoms with Crippen molar-refractivity contribution in [2.75, 3.05) is 27.9 Å². The lowest BCUT2D eigenvalue weighted by molar-refractivity contribution is -0.0889. The molecule has 0 bridgehead atoms. The van der Waals surface area contributed by atoms with Gasteiger partial charge >= 0.3 is 0 Å². The second kappa shape index (κ2) is 10.5. The van der Waals surface area contributed by atoms with E-state index >= 15 is 0 Å². The van der Waals surface area contributed by atoms with Crippen LogP contribution < -0.4 is 14.2 Å². The van der Waals surface area contributed by atoms with Gasteiger partial charge in [-0.1, -0.05) is 30.3 Å². The van der Waals surface area contributed by atoms with Crippen molar-refractivity contribution >= 4 is 0 Å². The minimum absolute atomic E-state index is 0.0375. The van der Waals surface area contributed by atoms with Crippen molar-refractivity contribution in [3.8, 4) is 17.4 Å². The third-order valence-corrected chi connectivity index (χ3v) is 7.72. The topological polar surface area (TPSA) is 67.3 Å². The first-order valence-corrected chi connectivity index (χ1v) is 12.5. The molecule has 0 spiro atoms. The van der Waals surface area contributed by atoms with Gasteiger partial charge in [-0.15, -0.1) is 0 Å². The molecule has 36 heavy (non-hydrogen) atoms. The fourth-order valence-electron chi connectivity index (χ4n) is 5.76. The monoisotopic (exact) mass is 489 g/mol. The molecule has 3 atom stereocenters. The second-order valence-corrected chi connectivity index (χ2v) is 9.60. The van der Waals surface area contributed by atoms with Crippen LogP contribution in [0.15, 0.2) is 54.7 Å². The van der Waals surface area contributed by atoms with E-state index in [0.717, 1.165) is 43.0 Å². The zero-order valence-electron chi connectivity index (χ0n) is 21.5. The maximum absolute atomic E-state index is 11.9. The van der Waals surface area contributed by atoms with Gasteiger partial charge in [0.2, 0.25) is 5.88 Å². The molecule has 190 valence electrons. The number of benzene rings is 2. The number of rotatable bonds is 7. The Labute approximate surface area is 213 Å². The van der Waals surface area contributed by atoms with E-state index in [1.54, 1.807) is 27.5 Å². The third kappa shape index (κ3) is 4.54. The van der Waals surface area contributed by atoms with E-state index in [9.17, 15) is 5.11 Å². The summed E-state index contributed by atoms with van der Waals surface area (Å²) in [5, 5.41) is 11.9. The molecule has 3 aromatic rings. The van der Waals surface area contributed by atoms with Crippen LogP contribution in [-0.2, 0) is 25.9 Å². The van der Waals surface area contributed by atoms with E-state index in [4.69, 9.17) is 14.2 Å². The average Bonchev–Trinajstić information content (AvgIpc) is 2.92. The number of aliphatic hydroxyl groups excluding tert-OH is 1. The molecule has 3 heterocycles. The Morgan fingerprint density at radius 3 is 2.47 bits per heavy atom. The summed E-state index contributed by atoms with van der Waals surface area (Å²) in [4.78, 5) is 8.98. The second-order valence-electron chi connectivity index (χ2n) is 9.60. The van der Waals surface area contributed by atoms with E-state index < -0.39 is 6.23 Å². The van der Waals surface area contributed by atoms with E-state index in [1.165, 1.54) is 22.3 Å². The largest absolute Gasteiger partial charge is 0.493 e. The first-order valence-electron chi connectivity index (χ1n) is 12.5. The van der Waals surface area contributed by atoms with Crippen LogP contribution in [0.1, 0.15) is 40.8 Å². The van der Waals surface area contributed by atoms with E-state index in [-0.39, 0.29) is 12.1 Å². The minimum atomic E-state index is -0.641. The quantitative estimate of drug-likeness (QED) is 0.539. The molecule has 7 nitrogen and oxygen atoms in total. The van der Waals surface area contributed by atoms with Crippen LogP contribution in [0, 0.1) is 0 Å². The van der Waals surface area contributed by atoms with Crippen molar-refractivity contribution < 1.29 is 19.3 Å². The Bertz CT molecular complexity index is 1220.